The van der Waals surface area contributed by atoms with Crippen LogP contribution in [-0.4, -0.2) is 10.2 Å². The number of benzene rings is 1. The number of hydrogen-bond acceptors (Lipinski definition) is 2. The van der Waals surface area contributed by atoms with Crippen molar-refractivity contribution in [1.82, 2.24) is 0 Å². The lowest BCUT2D eigenvalue weighted by molar-refractivity contribution is 0.452. The average Bonchev–Trinajstić information content (AvgIpc) is 2.74. The van der Waals surface area contributed by atoms with Gasteiger partial charge in [-0.1, -0.05) is 129 Å². The van der Waals surface area contributed by atoms with E-state index in [2.05, 4.69) is 6.92 Å². The van der Waals surface area contributed by atoms with E-state index in [1.807, 2.05) is 0 Å². The van der Waals surface area contributed by atoms with Gasteiger partial charge in [0.05, 0.1) is 0 Å². The standard InChI is InChI=1S/C28H50O2/c1-2-3-4-5-6-7-8-9-10-11-12-13-14-15-16-17-18-19-20-21-22-26-25-27(29)23-24-28(26)30/h23-25,29-30H,2-22H2,1H3. The second-order valence-corrected chi connectivity index (χ2v) is 9.28. The number of phenols is 2. The maximum absolute atomic E-state index is 9.78. The van der Waals surface area contributed by atoms with E-state index in [9.17, 15) is 10.2 Å². The number of rotatable bonds is 21. The summed E-state index contributed by atoms with van der Waals surface area (Å²) in [5, 5.41) is 19.3. The highest BCUT2D eigenvalue weighted by Gasteiger charge is 2.02. The van der Waals surface area contributed by atoms with E-state index in [4.69, 9.17) is 0 Å². The largest absolute Gasteiger partial charge is 0.508 e. The highest BCUT2D eigenvalue weighted by Crippen LogP contribution is 2.24. The van der Waals surface area contributed by atoms with Crippen molar-refractivity contribution in [1.29, 1.82) is 0 Å². The summed E-state index contributed by atoms with van der Waals surface area (Å²) >= 11 is 0. The van der Waals surface area contributed by atoms with Crippen molar-refractivity contribution in [3.63, 3.8) is 0 Å². The van der Waals surface area contributed by atoms with Crippen molar-refractivity contribution >= 4 is 0 Å². The summed E-state index contributed by atoms with van der Waals surface area (Å²) in [4.78, 5) is 0. The lowest BCUT2D eigenvalue weighted by atomic mass is 10.0. The highest BCUT2D eigenvalue weighted by molar-refractivity contribution is 5.38. The molecule has 0 unspecified atom stereocenters. The monoisotopic (exact) mass is 418 g/mol. The van der Waals surface area contributed by atoms with Crippen molar-refractivity contribution in [2.45, 2.75) is 142 Å². The Morgan fingerprint density at radius 3 is 1.27 bits per heavy atom. The van der Waals surface area contributed by atoms with Gasteiger partial charge in [0.15, 0.2) is 0 Å². The SMILES string of the molecule is CCCCCCCCCCCCCCCCCCCCCCc1cc(O)ccc1O. The van der Waals surface area contributed by atoms with Crippen LogP contribution in [0.2, 0.25) is 0 Å². The van der Waals surface area contributed by atoms with Gasteiger partial charge in [-0.25, -0.2) is 0 Å². The highest BCUT2D eigenvalue weighted by atomic mass is 16.3. The molecule has 1 aromatic rings. The van der Waals surface area contributed by atoms with Crippen LogP contribution in [0.1, 0.15) is 141 Å². The van der Waals surface area contributed by atoms with E-state index in [0.29, 0.717) is 5.75 Å². The second kappa shape index (κ2) is 19.8. The van der Waals surface area contributed by atoms with Crippen LogP contribution in [0.15, 0.2) is 18.2 Å². The fourth-order valence-corrected chi connectivity index (χ4v) is 4.34. The molecule has 2 N–H and O–H groups in total. The summed E-state index contributed by atoms with van der Waals surface area (Å²) in [5.74, 6) is 0.557. The minimum atomic E-state index is 0.246. The van der Waals surface area contributed by atoms with Gasteiger partial charge >= 0.3 is 0 Å². The molecule has 2 heteroatoms. The molecule has 0 aliphatic rings. The molecule has 0 bridgehead atoms. The van der Waals surface area contributed by atoms with Crippen LogP contribution >= 0.6 is 0 Å². The van der Waals surface area contributed by atoms with E-state index >= 15 is 0 Å². The smallest absolute Gasteiger partial charge is 0.119 e. The zero-order valence-corrected chi connectivity index (χ0v) is 20.0. The van der Waals surface area contributed by atoms with Gasteiger partial charge in [0.25, 0.3) is 0 Å². The van der Waals surface area contributed by atoms with Crippen molar-refractivity contribution in [3.05, 3.63) is 23.8 Å². The first kappa shape index (κ1) is 26.9. The van der Waals surface area contributed by atoms with Gasteiger partial charge in [-0.3, -0.25) is 0 Å². The Morgan fingerprint density at radius 1 is 0.500 bits per heavy atom. The quantitative estimate of drug-likeness (QED) is 0.154. The minimum absolute atomic E-state index is 0.246. The first-order chi connectivity index (χ1) is 14.7. The van der Waals surface area contributed by atoms with Crippen LogP contribution in [0, 0.1) is 0 Å². The Balaban J connectivity index is 1.74. The first-order valence-corrected chi connectivity index (χ1v) is 13.2. The molecule has 0 saturated carbocycles. The molecule has 0 aromatic heterocycles. The molecular formula is C28H50O2. The maximum atomic E-state index is 9.78. The number of unbranched alkanes of at least 4 members (excludes halogenated alkanes) is 19. The van der Waals surface area contributed by atoms with Crippen LogP contribution in [0.5, 0.6) is 11.5 Å². The van der Waals surface area contributed by atoms with Gasteiger partial charge in [0, 0.05) is 0 Å². The predicted molar refractivity (Wildman–Crippen MR) is 131 cm³/mol. The number of aryl methyl sites for hydroxylation is 1. The number of aromatic hydroxyl groups is 2. The van der Waals surface area contributed by atoms with Gasteiger partial charge in [0.2, 0.25) is 0 Å². The third kappa shape index (κ3) is 15.6. The lowest BCUT2D eigenvalue weighted by Gasteiger charge is -2.06. The van der Waals surface area contributed by atoms with Gasteiger partial charge in [0.1, 0.15) is 11.5 Å². The average molecular weight is 419 g/mol. The van der Waals surface area contributed by atoms with Crippen molar-refractivity contribution in [2.75, 3.05) is 0 Å². The number of phenolic OH excluding ortho intramolecular Hbond substituents is 2. The third-order valence-corrected chi connectivity index (χ3v) is 6.36. The predicted octanol–water partition coefficient (Wildman–Crippen LogP) is 9.46. The normalized spacial score (nSPS) is 11.2. The van der Waals surface area contributed by atoms with E-state index in [1.54, 1.807) is 12.1 Å². The van der Waals surface area contributed by atoms with Crippen LogP contribution in [0.25, 0.3) is 0 Å². The van der Waals surface area contributed by atoms with Gasteiger partial charge in [-0.2, -0.15) is 0 Å². The Labute approximate surface area is 187 Å². The Morgan fingerprint density at radius 2 is 0.867 bits per heavy atom. The molecular weight excluding hydrogens is 368 g/mol. The summed E-state index contributed by atoms with van der Waals surface area (Å²) in [5.41, 5.74) is 0.873. The molecule has 0 radical (unpaired) electrons. The Kier molecular flexibility index (Phi) is 17.7. The van der Waals surface area contributed by atoms with Gasteiger partial charge in [-0.15, -0.1) is 0 Å². The summed E-state index contributed by atoms with van der Waals surface area (Å²) in [6.45, 7) is 2.29. The zero-order chi connectivity index (χ0) is 21.7. The van der Waals surface area contributed by atoms with E-state index < -0.39 is 0 Å². The molecule has 0 fully saturated rings. The molecule has 0 spiro atoms. The fraction of sp³-hybridized carbons (Fsp3) is 0.786. The van der Waals surface area contributed by atoms with E-state index in [0.717, 1.165) is 18.4 Å². The van der Waals surface area contributed by atoms with E-state index in [1.165, 1.54) is 128 Å². The maximum Gasteiger partial charge on any atom is 0.119 e. The molecule has 0 heterocycles. The van der Waals surface area contributed by atoms with E-state index in [-0.39, 0.29) is 5.75 Å². The lowest BCUT2D eigenvalue weighted by Crippen LogP contribution is -1.88. The Hall–Kier alpha value is -1.18. The topological polar surface area (TPSA) is 40.5 Å². The molecule has 0 atom stereocenters. The minimum Gasteiger partial charge on any atom is -0.508 e. The van der Waals surface area contributed by atoms with Crippen LogP contribution in [0.4, 0.5) is 0 Å². The molecule has 174 valence electrons. The third-order valence-electron chi connectivity index (χ3n) is 6.36. The van der Waals surface area contributed by atoms with Gasteiger partial charge < -0.3 is 10.2 Å². The molecule has 0 saturated heterocycles. The molecule has 0 aliphatic carbocycles. The van der Waals surface area contributed by atoms with Crippen LogP contribution in [0.3, 0.4) is 0 Å². The van der Waals surface area contributed by atoms with Crippen LogP contribution in [-0.2, 0) is 6.42 Å². The molecule has 0 aliphatic heterocycles. The molecule has 2 nitrogen and oxygen atoms in total. The van der Waals surface area contributed by atoms with Crippen molar-refractivity contribution < 1.29 is 10.2 Å². The summed E-state index contributed by atoms with van der Waals surface area (Å²) < 4.78 is 0. The molecule has 1 aromatic carbocycles. The first-order valence-electron chi connectivity index (χ1n) is 13.2. The number of hydrogen-bond donors (Lipinski definition) is 2. The molecule has 0 amide bonds. The van der Waals surface area contributed by atoms with Crippen molar-refractivity contribution in [3.8, 4) is 11.5 Å². The Bertz CT molecular complexity index is 497. The summed E-state index contributed by atoms with van der Waals surface area (Å²) in [7, 11) is 0. The summed E-state index contributed by atoms with van der Waals surface area (Å²) in [6, 6.07) is 4.81. The summed E-state index contributed by atoms with van der Waals surface area (Å²) in [6.07, 6.45) is 28.7. The molecule has 30 heavy (non-hydrogen) atoms. The molecule has 1 rings (SSSR count). The fourth-order valence-electron chi connectivity index (χ4n) is 4.34. The second-order valence-electron chi connectivity index (χ2n) is 9.28. The van der Waals surface area contributed by atoms with Gasteiger partial charge in [-0.05, 0) is 36.6 Å². The van der Waals surface area contributed by atoms with Crippen molar-refractivity contribution in [2.24, 2.45) is 0 Å². The van der Waals surface area contributed by atoms with Crippen LogP contribution < -0.4 is 0 Å². The zero-order valence-electron chi connectivity index (χ0n) is 20.0.